The molecule has 1 aromatic carbocycles. The van der Waals surface area contributed by atoms with Crippen LogP contribution in [0, 0.1) is 5.92 Å². The Morgan fingerprint density at radius 1 is 1.41 bits per heavy atom. The minimum atomic E-state index is -3.16. The maximum atomic E-state index is 12.1. The number of ether oxygens (including phenoxy) is 1. The van der Waals surface area contributed by atoms with Crippen LogP contribution in [0.5, 0.6) is 5.75 Å². The number of amides is 1. The van der Waals surface area contributed by atoms with Gasteiger partial charge in [0, 0.05) is 20.1 Å². The summed E-state index contributed by atoms with van der Waals surface area (Å²) in [4.78, 5) is 12.1. The molecule has 1 heterocycles. The van der Waals surface area contributed by atoms with Crippen LogP contribution >= 0.6 is 0 Å². The Hall–Kier alpha value is -1.60. The normalized spacial score (nSPS) is 17.7. The highest BCUT2D eigenvalue weighted by atomic mass is 32.2. The summed E-state index contributed by atoms with van der Waals surface area (Å²) < 4.78 is 29.4. The van der Waals surface area contributed by atoms with Gasteiger partial charge in [0.15, 0.2) is 0 Å². The van der Waals surface area contributed by atoms with E-state index >= 15 is 0 Å². The number of sulfonamides is 1. The van der Waals surface area contributed by atoms with Crippen LogP contribution in [0.4, 0.5) is 0 Å². The molecule has 2 rings (SSSR count). The average molecular weight is 326 g/mol. The minimum absolute atomic E-state index is 0.0449. The van der Waals surface area contributed by atoms with Crippen molar-refractivity contribution in [3.8, 4) is 5.75 Å². The number of para-hydroxylation sites is 1. The van der Waals surface area contributed by atoms with E-state index in [0.717, 1.165) is 11.3 Å². The third-order valence-electron chi connectivity index (χ3n) is 3.76. The first-order valence-corrected chi connectivity index (χ1v) is 9.12. The Balaban J connectivity index is 1.75. The van der Waals surface area contributed by atoms with E-state index in [-0.39, 0.29) is 11.8 Å². The Kier molecular flexibility index (Phi) is 5.42. The third-order valence-corrected chi connectivity index (χ3v) is 5.08. The van der Waals surface area contributed by atoms with E-state index in [0.29, 0.717) is 32.5 Å². The molecule has 122 valence electrons. The van der Waals surface area contributed by atoms with Crippen LogP contribution in [0.15, 0.2) is 24.3 Å². The van der Waals surface area contributed by atoms with Crippen molar-refractivity contribution >= 4 is 15.9 Å². The molecule has 0 spiro atoms. The van der Waals surface area contributed by atoms with Gasteiger partial charge in [0.05, 0.1) is 12.2 Å². The fourth-order valence-corrected chi connectivity index (χ4v) is 2.78. The van der Waals surface area contributed by atoms with Gasteiger partial charge in [0.2, 0.25) is 15.9 Å². The highest BCUT2D eigenvalue weighted by Crippen LogP contribution is 2.26. The fraction of sp³-hybridized carbons (Fsp3) is 0.533. The van der Waals surface area contributed by atoms with Crippen LogP contribution in [0.3, 0.4) is 0 Å². The molecule has 1 aromatic rings. The first-order valence-electron chi connectivity index (χ1n) is 7.27. The van der Waals surface area contributed by atoms with Gasteiger partial charge in [-0.1, -0.05) is 18.2 Å². The maximum absolute atomic E-state index is 12.1. The van der Waals surface area contributed by atoms with Crippen molar-refractivity contribution in [1.82, 2.24) is 9.62 Å². The monoisotopic (exact) mass is 326 g/mol. The van der Waals surface area contributed by atoms with Crippen molar-refractivity contribution in [2.45, 2.75) is 12.8 Å². The molecule has 6 nitrogen and oxygen atoms in total. The predicted octanol–water partition coefficient (Wildman–Crippen LogP) is 0.635. The van der Waals surface area contributed by atoms with Gasteiger partial charge < -0.3 is 10.1 Å². The summed E-state index contributed by atoms with van der Waals surface area (Å²) in [6.45, 7) is 1.23. The largest absolute Gasteiger partial charge is 0.492 e. The van der Waals surface area contributed by atoms with Gasteiger partial charge in [0.1, 0.15) is 12.4 Å². The molecule has 0 saturated heterocycles. The lowest BCUT2D eigenvalue weighted by Gasteiger charge is -2.24. The summed E-state index contributed by atoms with van der Waals surface area (Å²) in [5.41, 5.74) is 1.05. The molecule has 1 aliphatic rings. The van der Waals surface area contributed by atoms with Crippen LogP contribution in [0.25, 0.3) is 0 Å². The second kappa shape index (κ2) is 7.11. The fourth-order valence-electron chi connectivity index (χ4n) is 2.32. The van der Waals surface area contributed by atoms with E-state index in [1.54, 1.807) is 0 Å². The van der Waals surface area contributed by atoms with Crippen LogP contribution in [0.1, 0.15) is 12.0 Å². The molecule has 0 saturated carbocycles. The second-order valence-corrected chi connectivity index (χ2v) is 7.64. The number of fused-ring (bicyclic) bond motifs is 1. The van der Waals surface area contributed by atoms with Gasteiger partial charge in [-0.3, -0.25) is 4.79 Å². The van der Waals surface area contributed by atoms with Crippen molar-refractivity contribution < 1.29 is 17.9 Å². The second-order valence-electron chi connectivity index (χ2n) is 5.55. The molecular formula is C15H22N2O4S. The Morgan fingerprint density at radius 3 is 2.86 bits per heavy atom. The molecule has 1 aliphatic heterocycles. The van der Waals surface area contributed by atoms with Crippen molar-refractivity contribution in [3.63, 3.8) is 0 Å². The van der Waals surface area contributed by atoms with Crippen LogP contribution in [0.2, 0.25) is 0 Å². The molecule has 1 atom stereocenters. The Morgan fingerprint density at radius 2 is 2.14 bits per heavy atom. The SMILES string of the molecule is CN(CCCNC(=O)[C@@H]1COc2ccccc2C1)S(C)(=O)=O. The summed E-state index contributed by atoms with van der Waals surface area (Å²) in [6.07, 6.45) is 2.42. The summed E-state index contributed by atoms with van der Waals surface area (Å²) in [7, 11) is -1.63. The van der Waals surface area contributed by atoms with Crippen molar-refractivity contribution in [2.75, 3.05) is 33.0 Å². The maximum Gasteiger partial charge on any atom is 0.226 e. The number of carbonyl (C=O) groups is 1. The lowest BCUT2D eigenvalue weighted by molar-refractivity contribution is -0.126. The first kappa shape index (κ1) is 16.8. The Labute approximate surface area is 131 Å². The number of nitrogens with zero attached hydrogens (tertiary/aromatic N) is 1. The highest BCUT2D eigenvalue weighted by molar-refractivity contribution is 7.88. The zero-order valence-corrected chi connectivity index (χ0v) is 13.7. The van der Waals surface area contributed by atoms with Gasteiger partial charge >= 0.3 is 0 Å². The van der Waals surface area contributed by atoms with Gasteiger partial charge in [-0.25, -0.2) is 12.7 Å². The predicted molar refractivity (Wildman–Crippen MR) is 84.2 cm³/mol. The zero-order chi connectivity index (χ0) is 16.2. The lowest BCUT2D eigenvalue weighted by atomic mass is 9.96. The van der Waals surface area contributed by atoms with Crippen LogP contribution in [-0.2, 0) is 21.2 Å². The Bertz CT molecular complexity index is 630. The van der Waals surface area contributed by atoms with E-state index in [9.17, 15) is 13.2 Å². The first-order chi connectivity index (χ1) is 10.4. The molecule has 0 bridgehead atoms. The minimum Gasteiger partial charge on any atom is -0.492 e. The molecule has 0 fully saturated rings. The van der Waals surface area contributed by atoms with Gasteiger partial charge in [-0.15, -0.1) is 0 Å². The molecular weight excluding hydrogens is 304 g/mol. The molecule has 0 radical (unpaired) electrons. The molecule has 1 amide bonds. The number of hydrogen-bond acceptors (Lipinski definition) is 4. The summed E-state index contributed by atoms with van der Waals surface area (Å²) >= 11 is 0. The van der Waals surface area contributed by atoms with Crippen molar-refractivity contribution in [2.24, 2.45) is 5.92 Å². The zero-order valence-electron chi connectivity index (χ0n) is 12.9. The van der Waals surface area contributed by atoms with Gasteiger partial charge in [-0.05, 0) is 24.5 Å². The van der Waals surface area contributed by atoms with E-state index in [1.165, 1.54) is 17.6 Å². The van der Waals surface area contributed by atoms with E-state index in [4.69, 9.17) is 4.74 Å². The highest BCUT2D eigenvalue weighted by Gasteiger charge is 2.25. The molecule has 1 N–H and O–H groups in total. The molecule has 0 unspecified atom stereocenters. The quantitative estimate of drug-likeness (QED) is 0.778. The number of hydrogen-bond donors (Lipinski definition) is 1. The summed E-state index contributed by atoms with van der Waals surface area (Å²) in [6, 6.07) is 7.72. The smallest absolute Gasteiger partial charge is 0.226 e. The van der Waals surface area contributed by atoms with E-state index in [2.05, 4.69) is 5.32 Å². The van der Waals surface area contributed by atoms with Crippen LogP contribution in [-0.4, -0.2) is 51.6 Å². The number of carbonyl (C=O) groups excluding carboxylic acids is 1. The standard InChI is InChI=1S/C15H22N2O4S/c1-17(22(2,19)20)9-5-8-16-15(18)13-10-12-6-3-4-7-14(12)21-11-13/h3-4,6-7,13H,5,8-11H2,1-2H3,(H,16,18)/t13-/m0/s1. The molecule has 0 aliphatic carbocycles. The summed E-state index contributed by atoms with van der Waals surface area (Å²) in [5.74, 6) is 0.611. The van der Waals surface area contributed by atoms with E-state index in [1.807, 2.05) is 24.3 Å². The molecule has 7 heteroatoms. The number of nitrogens with one attached hydrogen (secondary N) is 1. The van der Waals surface area contributed by atoms with Crippen LogP contribution < -0.4 is 10.1 Å². The topological polar surface area (TPSA) is 75.7 Å². The summed E-state index contributed by atoms with van der Waals surface area (Å²) in [5, 5.41) is 2.85. The third kappa shape index (κ3) is 4.45. The number of benzene rings is 1. The van der Waals surface area contributed by atoms with Crippen molar-refractivity contribution in [1.29, 1.82) is 0 Å². The lowest BCUT2D eigenvalue weighted by Crippen LogP contribution is -2.38. The van der Waals surface area contributed by atoms with Crippen molar-refractivity contribution in [3.05, 3.63) is 29.8 Å². The van der Waals surface area contributed by atoms with Gasteiger partial charge in [0.25, 0.3) is 0 Å². The molecule has 22 heavy (non-hydrogen) atoms. The van der Waals surface area contributed by atoms with Gasteiger partial charge in [-0.2, -0.15) is 0 Å². The average Bonchev–Trinajstić information content (AvgIpc) is 2.49. The number of rotatable bonds is 6. The molecule has 0 aromatic heterocycles. The van der Waals surface area contributed by atoms with E-state index < -0.39 is 10.0 Å².